The van der Waals surface area contributed by atoms with Crippen molar-refractivity contribution in [2.45, 2.75) is 19.6 Å². The number of rotatable bonds is 6. The molecule has 2 rings (SSSR count). The molecule has 1 aliphatic heterocycles. The van der Waals surface area contributed by atoms with Crippen molar-refractivity contribution in [3.8, 4) is 0 Å². The lowest BCUT2D eigenvalue weighted by molar-refractivity contribution is -0.124. The number of hydrogen-bond donors (Lipinski definition) is 1. The molecule has 1 saturated heterocycles. The lowest BCUT2D eigenvalue weighted by Crippen LogP contribution is -2.48. The van der Waals surface area contributed by atoms with Gasteiger partial charge in [0.2, 0.25) is 5.91 Å². The highest BCUT2D eigenvalue weighted by Gasteiger charge is 2.33. The molecular formula is C12H18N2O2S2. The smallest absolute Gasteiger partial charge is 0.230 e. The Bertz CT molecular complexity index is 416. The van der Waals surface area contributed by atoms with E-state index in [1.54, 1.807) is 23.1 Å². The van der Waals surface area contributed by atoms with Gasteiger partial charge in [0.05, 0.1) is 29.7 Å². The van der Waals surface area contributed by atoms with Gasteiger partial charge in [-0.2, -0.15) is 0 Å². The molecule has 1 aromatic heterocycles. The van der Waals surface area contributed by atoms with Crippen molar-refractivity contribution in [3.05, 3.63) is 16.1 Å². The summed E-state index contributed by atoms with van der Waals surface area (Å²) >= 11 is 3.25. The average molecular weight is 286 g/mol. The Balaban J connectivity index is 1.60. The minimum absolute atomic E-state index is 0.0973. The largest absolute Gasteiger partial charge is 0.380 e. The Kier molecular flexibility index (Phi) is 4.64. The van der Waals surface area contributed by atoms with Crippen LogP contribution in [0.2, 0.25) is 0 Å². The fourth-order valence-corrected chi connectivity index (χ4v) is 3.10. The van der Waals surface area contributed by atoms with E-state index in [4.69, 9.17) is 4.74 Å². The molecule has 2 heterocycles. The highest BCUT2D eigenvalue weighted by Crippen LogP contribution is 2.25. The topological polar surface area (TPSA) is 51.2 Å². The SMILES string of the molecule is Cc1nc(CSCC(=O)NCC2(C)COC2)cs1. The van der Waals surface area contributed by atoms with Crippen LogP contribution in [0, 0.1) is 12.3 Å². The van der Waals surface area contributed by atoms with E-state index >= 15 is 0 Å². The zero-order valence-electron chi connectivity index (χ0n) is 10.7. The van der Waals surface area contributed by atoms with Gasteiger partial charge < -0.3 is 10.1 Å². The summed E-state index contributed by atoms with van der Waals surface area (Å²) in [5.41, 5.74) is 1.21. The van der Waals surface area contributed by atoms with Crippen LogP contribution in [0.1, 0.15) is 17.6 Å². The summed E-state index contributed by atoms with van der Waals surface area (Å²) in [5.74, 6) is 1.39. The van der Waals surface area contributed by atoms with Crippen LogP contribution in [0.25, 0.3) is 0 Å². The van der Waals surface area contributed by atoms with Gasteiger partial charge in [-0.25, -0.2) is 4.98 Å². The summed E-state index contributed by atoms with van der Waals surface area (Å²) in [6.45, 7) is 6.33. The third kappa shape index (κ3) is 3.96. The second-order valence-corrected chi connectivity index (χ2v) is 6.98. The molecule has 0 saturated carbocycles. The molecule has 1 aliphatic rings. The van der Waals surface area contributed by atoms with Crippen LogP contribution in [0.15, 0.2) is 5.38 Å². The van der Waals surface area contributed by atoms with Gasteiger partial charge in [-0.05, 0) is 6.92 Å². The number of aryl methyl sites for hydroxylation is 1. The molecule has 0 aromatic carbocycles. The van der Waals surface area contributed by atoms with E-state index in [0.717, 1.165) is 29.7 Å². The maximum absolute atomic E-state index is 11.6. The summed E-state index contributed by atoms with van der Waals surface area (Å²) in [6, 6.07) is 0. The van der Waals surface area contributed by atoms with Gasteiger partial charge in [-0.3, -0.25) is 4.79 Å². The maximum atomic E-state index is 11.6. The van der Waals surface area contributed by atoms with Crippen LogP contribution in [0.4, 0.5) is 0 Å². The number of carbonyl (C=O) groups excluding carboxylic acids is 1. The molecule has 0 spiro atoms. The summed E-state index contributed by atoms with van der Waals surface area (Å²) in [6.07, 6.45) is 0. The summed E-state index contributed by atoms with van der Waals surface area (Å²) < 4.78 is 5.15. The standard InChI is InChI=1S/C12H18N2O2S2/c1-9-14-10(4-18-9)3-17-5-11(15)13-6-12(2)7-16-8-12/h4H,3,5-8H2,1-2H3,(H,13,15). The normalized spacial score (nSPS) is 17.2. The van der Waals surface area contributed by atoms with E-state index < -0.39 is 0 Å². The van der Waals surface area contributed by atoms with Gasteiger partial charge in [-0.1, -0.05) is 6.92 Å². The molecule has 6 heteroatoms. The van der Waals surface area contributed by atoms with Crippen molar-refractivity contribution in [1.82, 2.24) is 10.3 Å². The van der Waals surface area contributed by atoms with Crippen molar-refractivity contribution in [2.24, 2.45) is 5.41 Å². The number of nitrogens with one attached hydrogen (secondary N) is 1. The second kappa shape index (κ2) is 6.04. The molecule has 1 aromatic rings. The highest BCUT2D eigenvalue weighted by molar-refractivity contribution is 7.99. The number of ether oxygens (including phenoxy) is 1. The van der Waals surface area contributed by atoms with E-state index in [0.29, 0.717) is 12.3 Å². The fourth-order valence-electron chi connectivity index (χ4n) is 1.64. The number of thioether (sulfide) groups is 1. The molecule has 100 valence electrons. The van der Waals surface area contributed by atoms with Crippen molar-refractivity contribution in [1.29, 1.82) is 0 Å². The van der Waals surface area contributed by atoms with E-state index in [2.05, 4.69) is 17.2 Å². The lowest BCUT2D eigenvalue weighted by Gasteiger charge is -2.38. The summed E-state index contributed by atoms with van der Waals surface area (Å²) in [7, 11) is 0. The predicted molar refractivity (Wildman–Crippen MR) is 74.9 cm³/mol. The first-order chi connectivity index (χ1) is 8.57. The maximum Gasteiger partial charge on any atom is 0.230 e. The molecule has 0 radical (unpaired) electrons. The second-order valence-electron chi connectivity index (χ2n) is 4.93. The van der Waals surface area contributed by atoms with Crippen LogP contribution in [-0.4, -0.2) is 36.4 Å². The minimum atomic E-state index is 0.0973. The van der Waals surface area contributed by atoms with Crippen molar-refractivity contribution in [2.75, 3.05) is 25.5 Å². The van der Waals surface area contributed by atoms with Gasteiger partial charge in [-0.15, -0.1) is 23.1 Å². The quantitative estimate of drug-likeness (QED) is 0.867. The van der Waals surface area contributed by atoms with Crippen molar-refractivity contribution in [3.63, 3.8) is 0 Å². The van der Waals surface area contributed by atoms with Crippen LogP contribution in [-0.2, 0) is 15.3 Å². The van der Waals surface area contributed by atoms with E-state index in [1.807, 2.05) is 12.3 Å². The van der Waals surface area contributed by atoms with Gasteiger partial charge in [0.1, 0.15) is 0 Å². The molecule has 0 aliphatic carbocycles. The van der Waals surface area contributed by atoms with Crippen LogP contribution >= 0.6 is 23.1 Å². The zero-order chi connectivity index (χ0) is 13.0. The van der Waals surface area contributed by atoms with E-state index in [9.17, 15) is 4.79 Å². The lowest BCUT2D eigenvalue weighted by atomic mass is 9.89. The molecule has 18 heavy (non-hydrogen) atoms. The van der Waals surface area contributed by atoms with E-state index in [1.165, 1.54) is 0 Å². The number of carbonyl (C=O) groups is 1. The number of nitrogens with zero attached hydrogens (tertiary/aromatic N) is 1. The monoisotopic (exact) mass is 286 g/mol. The number of aromatic nitrogens is 1. The Morgan fingerprint density at radius 1 is 1.67 bits per heavy atom. The summed E-state index contributed by atoms with van der Waals surface area (Å²) in [4.78, 5) is 16.0. The fraction of sp³-hybridized carbons (Fsp3) is 0.667. The Morgan fingerprint density at radius 3 is 3.00 bits per heavy atom. The number of amides is 1. The zero-order valence-corrected chi connectivity index (χ0v) is 12.3. The van der Waals surface area contributed by atoms with Crippen LogP contribution in [0.3, 0.4) is 0 Å². The predicted octanol–water partition coefficient (Wildman–Crippen LogP) is 1.84. The first-order valence-corrected chi connectivity index (χ1v) is 7.94. The molecule has 4 nitrogen and oxygen atoms in total. The van der Waals surface area contributed by atoms with Crippen LogP contribution < -0.4 is 5.32 Å². The number of hydrogen-bond acceptors (Lipinski definition) is 5. The van der Waals surface area contributed by atoms with Gasteiger partial charge in [0.15, 0.2) is 0 Å². The Hall–Kier alpha value is -0.590. The van der Waals surface area contributed by atoms with Gasteiger partial charge in [0.25, 0.3) is 0 Å². The Morgan fingerprint density at radius 2 is 2.44 bits per heavy atom. The minimum Gasteiger partial charge on any atom is -0.380 e. The average Bonchev–Trinajstić information content (AvgIpc) is 2.70. The van der Waals surface area contributed by atoms with Crippen molar-refractivity contribution >= 4 is 29.0 Å². The molecule has 1 N–H and O–H groups in total. The third-order valence-electron chi connectivity index (χ3n) is 2.76. The Labute approximate surface area is 116 Å². The van der Waals surface area contributed by atoms with Gasteiger partial charge in [0, 0.05) is 23.1 Å². The molecule has 1 fully saturated rings. The molecular weight excluding hydrogens is 268 g/mol. The molecule has 0 unspecified atom stereocenters. The molecule has 0 bridgehead atoms. The summed E-state index contributed by atoms with van der Waals surface area (Å²) in [5, 5.41) is 6.08. The molecule has 1 amide bonds. The first-order valence-electron chi connectivity index (χ1n) is 5.91. The van der Waals surface area contributed by atoms with E-state index in [-0.39, 0.29) is 11.3 Å². The van der Waals surface area contributed by atoms with Gasteiger partial charge >= 0.3 is 0 Å². The number of thiazole rings is 1. The highest BCUT2D eigenvalue weighted by atomic mass is 32.2. The van der Waals surface area contributed by atoms with Crippen molar-refractivity contribution < 1.29 is 9.53 Å². The first kappa shape index (κ1) is 13.8. The molecule has 0 atom stereocenters. The van der Waals surface area contributed by atoms with Crippen LogP contribution in [0.5, 0.6) is 0 Å². The third-order valence-corrected chi connectivity index (χ3v) is 4.55.